The summed E-state index contributed by atoms with van der Waals surface area (Å²) in [6.45, 7) is 3.36. The molecule has 12 heavy (non-hydrogen) atoms. The second kappa shape index (κ2) is 3.95. The predicted molar refractivity (Wildman–Crippen MR) is 43.5 cm³/mol. The van der Waals surface area contributed by atoms with Gasteiger partial charge in [-0.15, -0.1) is 0 Å². The number of esters is 1. The van der Waals surface area contributed by atoms with Crippen LogP contribution in [-0.4, -0.2) is 5.97 Å². The maximum absolute atomic E-state index is 10.7. The van der Waals surface area contributed by atoms with Crippen molar-refractivity contribution in [1.29, 1.82) is 0 Å². The molecule has 0 bridgehead atoms. The normalized spacial score (nSPS) is 12.5. The van der Waals surface area contributed by atoms with E-state index in [0.29, 0.717) is 0 Å². The molecule has 0 saturated heterocycles. The van der Waals surface area contributed by atoms with Crippen LogP contribution in [0.2, 0.25) is 0 Å². The Balaban J connectivity index is 2.63. The summed E-state index contributed by atoms with van der Waals surface area (Å²) in [6, 6.07) is 1.80. The van der Waals surface area contributed by atoms with Crippen molar-refractivity contribution in [2.75, 3.05) is 0 Å². The average molecular weight is 168 g/mol. The molecular formula is C9H12O3. The predicted octanol–water partition coefficient (Wildman–Crippen LogP) is 2.29. The Hall–Kier alpha value is -1.25. The highest BCUT2D eigenvalue weighted by molar-refractivity contribution is 5.66. The Kier molecular flexibility index (Phi) is 2.91. The van der Waals surface area contributed by atoms with Crippen LogP contribution in [0.25, 0.3) is 0 Å². The van der Waals surface area contributed by atoms with Crippen LogP contribution in [0.4, 0.5) is 0 Å². The lowest BCUT2D eigenvalue weighted by Gasteiger charge is -2.12. The molecule has 0 radical (unpaired) electrons. The first kappa shape index (κ1) is 8.84. The zero-order valence-electron chi connectivity index (χ0n) is 7.24. The lowest BCUT2D eigenvalue weighted by molar-refractivity contribution is -0.146. The van der Waals surface area contributed by atoms with E-state index in [9.17, 15) is 4.79 Å². The highest BCUT2D eigenvalue weighted by Gasteiger charge is 2.12. The number of carbonyl (C=O) groups excluding carboxylic acids is 1. The molecule has 0 spiro atoms. The molecule has 0 aliphatic rings. The van der Waals surface area contributed by atoms with Gasteiger partial charge in [0.15, 0.2) is 0 Å². The Morgan fingerprint density at radius 1 is 1.75 bits per heavy atom. The Labute approximate surface area is 71.3 Å². The van der Waals surface area contributed by atoms with E-state index in [2.05, 4.69) is 0 Å². The van der Waals surface area contributed by atoms with Gasteiger partial charge < -0.3 is 9.15 Å². The van der Waals surface area contributed by atoms with Gasteiger partial charge in [0.25, 0.3) is 0 Å². The van der Waals surface area contributed by atoms with E-state index in [1.54, 1.807) is 18.6 Å². The van der Waals surface area contributed by atoms with Crippen molar-refractivity contribution < 1.29 is 13.9 Å². The van der Waals surface area contributed by atoms with Crippen LogP contribution >= 0.6 is 0 Å². The first-order valence-corrected chi connectivity index (χ1v) is 3.93. The van der Waals surface area contributed by atoms with Crippen LogP contribution in [-0.2, 0) is 9.53 Å². The SMILES string of the molecule is CC[C@@H](OC(C)=O)c1ccoc1. The van der Waals surface area contributed by atoms with Gasteiger partial charge in [-0.2, -0.15) is 0 Å². The van der Waals surface area contributed by atoms with E-state index < -0.39 is 0 Å². The summed E-state index contributed by atoms with van der Waals surface area (Å²) in [5.74, 6) is -0.261. The Morgan fingerprint density at radius 3 is 2.92 bits per heavy atom. The second-order valence-corrected chi connectivity index (χ2v) is 2.56. The van der Waals surface area contributed by atoms with Gasteiger partial charge in [-0.05, 0) is 12.5 Å². The fourth-order valence-corrected chi connectivity index (χ4v) is 1.05. The van der Waals surface area contributed by atoms with Crippen molar-refractivity contribution in [2.24, 2.45) is 0 Å². The lowest BCUT2D eigenvalue weighted by Crippen LogP contribution is -2.06. The van der Waals surface area contributed by atoms with Crippen molar-refractivity contribution >= 4 is 5.97 Å². The number of hydrogen-bond acceptors (Lipinski definition) is 3. The molecule has 0 fully saturated rings. The molecule has 0 N–H and O–H groups in total. The van der Waals surface area contributed by atoms with E-state index in [1.807, 2.05) is 6.92 Å². The quantitative estimate of drug-likeness (QED) is 0.650. The smallest absolute Gasteiger partial charge is 0.303 e. The van der Waals surface area contributed by atoms with Gasteiger partial charge in [0, 0.05) is 12.5 Å². The van der Waals surface area contributed by atoms with Gasteiger partial charge >= 0.3 is 5.97 Å². The van der Waals surface area contributed by atoms with Crippen LogP contribution in [0.1, 0.15) is 31.9 Å². The molecule has 3 nitrogen and oxygen atoms in total. The maximum Gasteiger partial charge on any atom is 0.303 e. The van der Waals surface area contributed by atoms with Crippen molar-refractivity contribution in [3.05, 3.63) is 24.2 Å². The summed E-state index contributed by atoms with van der Waals surface area (Å²) < 4.78 is 9.93. The average Bonchev–Trinajstić information content (AvgIpc) is 2.51. The van der Waals surface area contributed by atoms with Crippen LogP contribution in [0.5, 0.6) is 0 Å². The first-order chi connectivity index (χ1) is 5.74. The molecule has 0 amide bonds. The van der Waals surface area contributed by atoms with Gasteiger partial charge in [0.2, 0.25) is 0 Å². The molecule has 3 heteroatoms. The summed E-state index contributed by atoms with van der Waals surface area (Å²) in [4.78, 5) is 10.7. The number of carbonyl (C=O) groups is 1. The summed E-state index contributed by atoms with van der Waals surface area (Å²) >= 11 is 0. The first-order valence-electron chi connectivity index (χ1n) is 3.93. The standard InChI is InChI=1S/C9H12O3/c1-3-9(12-7(2)10)8-4-5-11-6-8/h4-6,9H,3H2,1-2H3/t9-/m1/s1. The molecule has 0 aliphatic carbocycles. The summed E-state index contributed by atoms with van der Waals surface area (Å²) in [6.07, 6.45) is 3.76. The van der Waals surface area contributed by atoms with Crippen molar-refractivity contribution in [2.45, 2.75) is 26.4 Å². The van der Waals surface area contributed by atoms with Crippen LogP contribution in [0.15, 0.2) is 23.0 Å². The van der Waals surface area contributed by atoms with Crippen molar-refractivity contribution in [3.63, 3.8) is 0 Å². The van der Waals surface area contributed by atoms with Gasteiger partial charge in [0.05, 0.1) is 12.5 Å². The molecule has 0 aromatic carbocycles. The molecular weight excluding hydrogens is 156 g/mol. The molecule has 1 atom stereocenters. The molecule has 0 aliphatic heterocycles. The van der Waals surface area contributed by atoms with E-state index in [0.717, 1.165) is 12.0 Å². The largest absolute Gasteiger partial charge is 0.472 e. The fourth-order valence-electron chi connectivity index (χ4n) is 1.05. The summed E-state index contributed by atoms with van der Waals surface area (Å²) in [7, 11) is 0. The zero-order valence-corrected chi connectivity index (χ0v) is 7.24. The second-order valence-electron chi connectivity index (χ2n) is 2.56. The van der Waals surface area contributed by atoms with Crippen LogP contribution < -0.4 is 0 Å². The molecule has 0 unspecified atom stereocenters. The third-order valence-corrected chi connectivity index (χ3v) is 1.59. The van der Waals surface area contributed by atoms with Gasteiger partial charge in [-0.3, -0.25) is 4.79 Å². The minimum Gasteiger partial charge on any atom is -0.472 e. The zero-order chi connectivity index (χ0) is 8.97. The van der Waals surface area contributed by atoms with E-state index in [1.165, 1.54) is 6.92 Å². The number of rotatable bonds is 3. The van der Waals surface area contributed by atoms with Gasteiger partial charge in [0.1, 0.15) is 6.10 Å². The number of ether oxygens (including phenoxy) is 1. The van der Waals surface area contributed by atoms with Gasteiger partial charge in [-0.1, -0.05) is 6.92 Å². The van der Waals surface area contributed by atoms with Crippen LogP contribution in [0.3, 0.4) is 0 Å². The minimum absolute atomic E-state index is 0.166. The topological polar surface area (TPSA) is 39.4 Å². The molecule has 1 aromatic rings. The lowest BCUT2D eigenvalue weighted by atomic mass is 10.1. The molecule has 0 saturated carbocycles. The Bertz CT molecular complexity index is 238. The summed E-state index contributed by atoms with van der Waals surface area (Å²) in [5.41, 5.74) is 0.910. The summed E-state index contributed by atoms with van der Waals surface area (Å²) in [5, 5.41) is 0. The van der Waals surface area contributed by atoms with E-state index in [4.69, 9.17) is 9.15 Å². The van der Waals surface area contributed by atoms with E-state index >= 15 is 0 Å². The highest BCUT2D eigenvalue weighted by atomic mass is 16.5. The molecule has 1 rings (SSSR count). The van der Waals surface area contributed by atoms with Crippen molar-refractivity contribution in [1.82, 2.24) is 0 Å². The van der Waals surface area contributed by atoms with Crippen molar-refractivity contribution in [3.8, 4) is 0 Å². The Morgan fingerprint density at radius 2 is 2.50 bits per heavy atom. The number of hydrogen-bond donors (Lipinski definition) is 0. The minimum atomic E-state index is -0.261. The molecule has 1 aromatic heterocycles. The fraction of sp³-hybridized carbons (Fsp3) is 0.444. The maximum atomic E-state index is 10.7. The van der Waals surface area contributed by atoms with Crippen LogP contribution in [0, 0.1) is 0 Å². The third kappa shape index (κ3) is 2.12. The number of furan rings is 1. The molecule has 66 valence electrons. The highest BCUT2D eigenvalue weighted by Crippen LogP contribution is 2.20. The van der Waals surface area contributed by atoms with E-state index in [-0.39, 0.29) is 12.1 Å². The van der Waals surface area contributed by atoms with Gasteiger partial charge in [-0.25, -0.2) is 0 Å². The monoisotopic (exact) mass is 168 g/mol. The molecule has 1 heterocycles. The third-order valence-electron chi connectivity index (χ3n) is 1.59.